The molecule has 0 spiro atoms. The van der Waals surface area contributed by atoms with Crippen molar-refractivity contribution >= 4 is 29.0 Å². The molecule has 0 unspecified atom stereocenters. The molecule has 6 aromatic rings. The molecular weight excluding hydrogens is 1110 g/mol. The van der Waals surface area contributed by atoms with Gasteiger partial charge in [-0.05, 0) is 103 Å². The van der Waals surface area contributed by atoms with Gasteiger partial charge >= 0.3 is 12.4 Å². The molecule has 18 nitrogen and oxygen atoms in total. The molecule has 448 valence electrons. The van der Waals surface area contributed by atoms with Crippen LogP contribution < -0.4 is 25.8 Å². The van der Waals surface area contributed by atoms with Gasteiger partial charge in [-0.3, -0.25) is 34.5 Å². The van der Waals surface area contributed by atoms with E-state index < -0.39 is 40.2 Å². The molecule has 6 heterocycles. The van der Waals surface area contributed by atoms with Gasteiger partial charge in [-0.25, -0.2) is 0 Å². The minimum absolute atomic E-state index is 0.0447. The van der Waals surface area contributed by atoms with Gasteiger partial charge in [0.2, 0.25) is 0 Å². The van der Waals surface area contributed by atoms with Crippen LogP contribution in [0, 0.1) is 10.1 Å². The molecule has 0 bridgehead atoms. The summed E-state index contributed by atoms with van der Waals surface area (Å²) < 4.78 is 110. The smallest absolute Gasteiger partial charge is 0.416 e. The number of nitrogen functional groups attached to an aromatic ring is 1. The lowest BCUT2D eigenvalue weighted by Crippen LogP contribution is -2.25. The number of rotatable bonds is 13. The standard InChI is InChI=1S/C25H22F3N3O5.C25H24F3N3O3.C5H10O2.C5H8O2/c26-25(27,28)18-3-1-2-16(12-18)15-30-24(32)17-6-9-29-22(13-17)21-14-20(4-5-23(21)31(33)34)36-19-7-10-35-11-8-19;26-25(27,28)18-3-1-2-16(12-18)15-31-24(32)17-6-9-30-23(13-17)21-14-20(4-5-22(21)29)34-19-7-10-33-11-8-19;2*6-5-1-3-7-4-2-5/h1-6,9,12-14,19H,7-8,10-11,15H2,(H,30,32);1-6,9,12-14,19H,7-8,10-11,15,29H2,(H,31,32);5-6H,1-4H2;1-4H2. The van der Waals surface area contributed by atoms with Crippen molar-refractivity contribution in [2.45, 2.75) is 95.1 Å². The summed E-state index contributed by atoms with van der Waals surface area (Å²) in [4.78, 5) is 55.4. The molecule has 10 rings (SSSR count). The van der Waals surface area contributed by atoms with Gasteiger partial charge in [0.1, 0.15) is 29.5 Å². The van der Waals surface area contributed by atoms with E-state index in [9.17, 15) is 50.8 Å². The third-order valence-corrected chi connectivity index (χ3v) is 13.4. The van der Waals surface area contributed by atoms with Crippen LogP contribution in [0.5, 0.6) is 11.5 Å². The van der Waals surface area contributed by atoms with E-state index in [2.05, 4.69) is 20.6 Å². The fraction of sp³-hybridized carbons (Fsp3) is 0.383. The number of nitro benzene ring substituents is 1. The van der Waals surface area contributed by atoms with E-state index in [0.29, 0.717) is 111 Å². The number of aromatic nitrogens is 2. The van der Waals surface area contributed by atoms with E-state index in [0.717, 1.165) is 63.2 Å². The number of nitrogens with zero attached hydrogens (tertiary/aromatic N) is 3. The molecule has 4 fully saturated rings. The van der Waals surface area contributed by atoms with Crippen molar-refractivity contribution in [1.29, 1.82) is 0 Å². The van der Waals surface area contributed by atoms with E-state index >= 15 is 0 Å². The van der Waals surface area contributed by atoms with Gasteiger partial charge in [-0.2, -0.15) is 26.3 Å². The maximum atomic E-state index is 12.9. The Hall–Kier alpha value is -8.03. The Balaban J connectivity index is 0.000000195. The van der Waals surface area contributed by atoms with Crippen LogP contribution >= 0.6 is 0 Å². The van der Waals surface area contributed by atoms with E-state index in [1.54, 1.807) is 24.3 Å². The summed E-state index contributed by atoms with van der Waals surface area (Å²) in [6.45, 7) is 5.04. The number of halogens is 6. The van der Waals surface area contributed by atoms with Gasteiger partial charge in [-0.15, -0.1) is 0 Å². The summed E-state index contributed by atoms with van der Waals surface area (Å²) in [7, 11) is 0. The maximum Gasteiger partial charge on any atom is 0.416 e. The zero-order valence-corrected chi connectivity index (χ0v) is 45.6. The molecule has 5 N–H and O–H groups in total. The SMILES string of the molecule is Nc1ccc(OC2CCOCC2)cc1-c1cc(C(=O)NCc2cccc(C(F)(F)F)c2)ccn1.O=C(NCc1cccc(C(F)(F)F)c1)c1ccnc(-c2cc(OC3CCOCC3)ccc2[N+](=O)[O-])c1.O=C1CCOCC1.OC1CCOCC1. The van der Waals surface area contributed by atoms with Gasteiger partial charge in [0, 0.05) is 106 Å². The van der Waals surface area contributed by atoms with E-state index in [1.165, 1.54) is 73.1 Å². The fourth-order valence-electron chi connectivity index (χ4n) is 8.76. The molecule has 0 saturated carbocycles. The second-order valence-corrected chi connectivity index (χ2v) is 19.7. The number of ether oxygens (including phenoxy) is 6. The summed E-state index contributed by atoms with van der Waals surface area (Å²) in [5.41, 5.74) is 7.42. The topological polar surface area (TPSA) is 246 Å². The molecular formula is C60H64F6N6O12. The largest absolute Gasteiger partial charge is 0.490 e. The van der Waals surface area contributed by atoms with Crippen molar-refractivity contribution < 1.29 is 79.2 Å². The Morgan fingerprint density at radius 2 is 1.02 bits per heavy atom. The predicted molar refractivity (Wildman–Crippen MR) is 296 cm³/mol. The molecule has 2 amide bonds. The minimum atomic E-state index is -4.49. The highest BCUT2D eigenvalue weighted by atomic mass is 19.4. The fourth-order valence-corrected chi connectivity index (χ4v) is 8.76. The van der Waals surface area contributed by atoms with Crippen molar-refractivity contribution in [3.05, 3.63) is 165 Å². The van der Waals surface area contributed by atoms with Gasteiger partial charge in [0.15, 0.2) is 0 Å². The molecule has 24 heteroatoms. The lowest BCUT2D eigenvalue weighted by Gasteiger charge is -2.23. The minimum Gasteiger partial charge on any atom is -0.490 e. The first-order chi connectivity index (χ1) is 40.3. The number of Topliss-reactive ketones (excluding diaryl/α,β-unsaturated/α-hetero) is 1. The van der Waals surface area contributed by atoms with Gasteiger partial charge in [0.05, 0.1) is 78.7 Å². The Morgan fingerprint density at radius 1 is 0.595 bits per heavy atom. The van der Waals surface area contributed by atoms with Crippen molar-refractivity contribution in [1.82, 2.24) is 20.6 Å². The number of aliphatic hydroxyl groups is 1. The van der Waals surface area contributed by atoms with Crippen LogP contribution in [-0.2, 0) is 49.2 Å². The number of nitrogens with one attached hydrogen (secondary N) is 2. The third-order valence-electron chi connectivity index (χ3n) is 13.4. The number of benzene rings is 4. The summed E-state index contributed by atoms with van der Waals surface area (Å²) in [5.74, 6) is 0.426. The molecule has 0 atom stereocenters. The predicted octanol–water partition coefficient (Wildman–Crippen LogP) is 10.5. The van der Waals surface area contributed by atoms with Gasteiger partial charge < -0.3 is 49.9 Å². The number of ketones is 1. The Bertz CT molecular complexity index is 3140. The highest BCUT2D eigenvalue weighted by molar-refractivity contribution is 5.96. The number of amides is 2. The number of hydrogen-bond donors (Lipinski definition) is 4. The number of pyridine rings is 2. The van der Waals surface area contributed by atoms with Crippen molar-refractivity contribution in [3.63, 3.8) is 0 Å². The molecule has 0 aliphatic carbocycles. The van der Waals surface area contributed by atoms with E-state index in [-0.39, 0.29) is 59.5 Å². The molecule has 4 aromatic carbocycles. The Kier molecular flexibility index (Phi) is 23.5. The maximum absolute atomic E-state index is 12.9. The second kappa shape index (κ2) is 31.0. The Labute approximate surface area is 480 Å². The Morgan fingerprint density at radius 3 is 1.44 bits per heavy atom. The second-order valence-electron chi connectivity index (χ2n) is 19.7. The molecule has 4 saturated heterocycles. The average Bonchev–Trinajstić information content (AvgIpc) is 2.62. The van der Waals surface area contributed by atoms with E-state index in [4.69, 9.17) is 39.3 Å². The number of hydrogen-bond acceptors (Lipinski definition) is 15. The van der Waals surface area contributed by atoms with Crippen LogP contribution in [0.2, 0.25) is 0 Å². The third kappa shape index (κ3) is 20.1. The number of alkyl halides is 6. The lowest BCUT2D eigenvalue weighted by molar-refractivity contribution is -0.384. The summed E-state index contributed by atoms with van der Waals surface area (Å²) in [6, 6.07) is 25.1. The number of nitro groups is 1. The molecule has 4 aliphatic heterocycles. The lowest BCUT2D eigenvalue weighted by atomic mass is 10.1. The van der Waals surface area contributed by atoms with Crippen molar-refractivity contribution in [3.8, 4) is 34.0 Å². The molecule has 4 aliphatic rings. The molecule has 84 heavy (non-hydrogen) atoms. The summed E-state index contributed by atoms with van der Waals surface area (Å²) in [6.07, 6.45) is -0.309. The molecule has 2 aromatic heterocycles. The van der Waals surface area contributed by atoms with Crippen molar-refractivity contribution in [2.24, 2.45) is 0 Å². The number of carbonyl (C=O) groups is 3. The first-order valence-corrected chi connectivity index (χ1v) is 27.1. The van der Waals surface area contributed by atoms with Crippen LogP contribution in [0.3, 0.4) is 0 Å². The number of carbonyl (C=O) groups excluding carboxylic acids is 3. The average molecular weight is 1180 g/mol. The van der Waals surface area contributed by atoms with E-state index in [1.807, 2.05) is 0 Å². The normalized spacial score (nSPS) is 16.0. The van der Waals surface area contributed by atoms with Gasteiger partial charge in [-0.1, -0.05) is 24.3 Å². The monoisotopic (exact) mass is 1170 g/mol. The quantitative estimate of drug-likeness (QED) is 0.0364. The number of anilines is 1. The first kappa shape index (κ1) is 63.5. The van der Waals surface area contributed by atoms with Crippen LogP contribution in [0.15, 0.2) is 122 Å². The molecule has 0 radical (unpaired) electrons. The zero-order valence-electron chi connectivity index (χ0n) is 45.6. The van der Waals surface area contributed by atoms with Crippen LogP contribution in [0.25, 0.3) is 22.5 Å². The summed E-state index contributed by atoms with van der Waals surface area (Å²) in [5, 5.41) is 25.7. The van der Waals surface area contributed by atoms with Crippen LogP contribution in [0.4, 0.5) is 37.7 Å². The number of nitrogens with two attached hydrogens (primary N) is 1. The zero-order chi connectivity index (χ0) is 60.1. The van der Waals surface area contributed by atoms with Crippen LogP contribution in [-0.4, -0.2) is 109 Å². The highest BCUT2D eigenvalue weighted by Gasteiger charge is 2.31. The summed E-state index contributed by atoms with van der Waals surface area (Å²) >= 11 is 0. The van der Waals surface area contributed by atoms with Gasteiger partial charge in [0.25, 0.3) is 17.5 Å². The number of aliphatic hydroxyl groups excluding tert-OH is 1. The van der Waals surface area contributed by atoms with Crippen LogP contribution in [0.1, 0.15) is 94.3 Å². The first-order valence-electron chi connectivity index (χ1n) is 27.1. The highest BCUT2D eigenvalue weighted by Crippen LogP contribution is 2.35. The van der Waals surface area contributed by atoms with Crippen molar-refractivity contribution in [2.75, 3.05) is 58.6 Å².